The summed E-state index contributed by atoms with van der Waals surface area (Å²) < 4.78 is 19.8. The standard InChI is InChI=1S/C20H23FN2O/c1-15(11-22)20(2)8-9-23(13-19(20)21)12-16-3-5-17(6-4-16)18-7-10-24-14-18/h3-7,10,14-15,19H,8-9,12-13H2,1-2H3. The number of piperidine rings is 1. The molecule has 3 nitrogen and oxygen atoms in total. The second-order valence-electron chi connectivity index (χ2n) is 7.02. The summed E-state index contributed by atoms with van der Waals surface area (Å²) in [5, 5.41) is 9.14. The predicted octanol–water partition coefficient (Wildman–Crippen LogP) is 4.66. The van der Waals surface area contributed by atoms with E-state index >= 15 is 0 Å². The van der Waals surface area contributed by atoms with Crippen LogP contribution in [0.3, 0.4) is 0 Å². The maximum Gasteiger partial charge on any atom is 0.119 e. The third kappa shape index (κ3) is 3.22. The monoisotopic (exact) mass is 326 g/mol. The number of nitriles is 1. The fraction of sp³-hybridized carbons (Fsp3) is 0.450. The quantitative estimate of drug-likeness (QED) is 0.820. The number of alkyl halides is 1. The van der Waals surface area contributed by atoms with Crippen LogP contribution < -0.4 is 0 Å². The maximum atomic E-state index is 14.7. The van der Waals surface area contributed by atoms with Crippen molar-refractivity contribution < 1.29 is 8.81 Å². The van der Waals surface area contributed by atoms with Gasteiger partial charge in [0.05, 0.1) is 24.5 Å². The first kappa shape index (κ1) is 16.7. The molecule has 3 atom stereocenters. The second-order valence-corrected chi connectivity index (χ2v) is 7.02. The fourth-order valence-electron chi connectivity index (χ4n) is 3.35. The Labute approximate surface area is 142 Å². The molecule has 0 radical (unpaired) electrons. The highest BCUT2D eigenvalue weighted by atomic mass is 19.1. The van der Waals surface area contributed by atoms with Gasteiger partial charge in [-0.1, -0.05) is 31.2 Å². The predicted molar refractivity (Wildman–Crippen MR) is 91.8 cm³/mol. The lowest BCUT2D eigenvalue weighted by atomic mass is 9.70. The van der Waals surface area contributed by atoms with Crippen LogP contribution in [0.2, 0.25) is 0 Å². The summed E-state index contributed by atoms with van der Waals surface area (Å²) in [5.41, 5.74) is 2.82. The molecule has 0 N–H and O–H groups in total. The maximum absolute atomic E-state index is 14.7. The molecule has 1 aliphatic rings. The largest absolute Gasteiger partial charge is 0.472 e. The molecule has 0 saturated carbocycles. The van der Waals surface area contributed by atoms with Crippen LogP contribution >= 0.6 is 0 Å². The number of hydrogen-bond donors (Lipinski definition) is 0. The molecule has 1 aliphatic heterocycles. The Bertz CT molecular complexity index is 704. The van der Waals surface area contributed by atoms with Crippen molar-refractivity contribution in [1.82, 2.24) is 4.90 Å². The first-order valence-corrected chi connectivity index (χ1v) is 8.40. The van der Waals surface area contributed by atoms with E-state index in [4.69, 9.17) is 9.68 Å². The third-order valence-corrected chi connectivity index (χ3v) is 5.50. The van der Waals surface area contributed by atoms with E-state index in [2.05, 4.69) is 35.2 Å². The summed E-state index contributed by atoms with van der Waals surface area (Å²) in [7, 11) is 0. The zero-order valence-corrected chi connectivity index (χ0v) is 14.2. The van der Waals surface area contributed by atoms with Crippen molar-refractivity contribution in [1.29, 1.82) is 5.26 Å². The van der Waals surface area contributed by atoms with Crippen molar-refractivity contribution in [3.8, 4) is 17.2 Å². The smallest absolute Gasteiger partial charge is 0.119 e. The number of rotatable bonds is 4. The lowest BCUT2D eigenvalue weighted by molar-refractivity contribution is -0.00562. The summed E-state index contributed by atoms with van der Waals surface area (Å²) in [6.45, 7) is 5.70. The van der Waals surface area contributed by atoms with Gasteiger partial charge >= 0.3 is 0 Å². The van der Waals surface area contributed by atoms with Gasteiger partial charge in [-0.15, -0.1) is 0 Å². The lowest BCUT2D eigenvalue weighted by Crippen LogP contribution is -2.49. The Morgan fingerprint density at radius 2 is 2.08 bits per heavy atom. The van der Waals surface area contributed by atoms with Crippen LogP contribution in [0.1, 0.15) is 25.8 Å². The number of benzene rings is 1. The van der Waals surface area contributed by atoms with Gasteiger partial charge in [-0.3, -0.25) is 4.90 Å². The summed E-state index contributed by atoms with van der Waals surface area (Å²) in [5.74, 6) is -0.260. The van der Waals surface area contributed by atoms with Gasteiger partial charge in [0, 0.05) is 24.1 Å². The molecule has 1 fully saturated rings. The Kier molecular flexibility index (Phi) is 4.73. The van der Waals surface area contributed by atoms with Crippen molar-refractivity contribution >= 4 is 0 Å². The Morgan fingerprint density at radius 3 is 2.67 bits per heavy atom. The number of furan rings is 1. The zero-order valence-electron chi connectivity index (χ0n) is 14.2. The van der Waals surface area contributed by atoms with Gasteiger partial charge < -0.3 is 4.42 Å². The minimum Gasteiger partial charge on any atom is -0.472 e. The number of hydrogen-bond acceptors (Lipinski definition) is 3. The molecule has 1 aromatic carbocycles. The highest BCUT2D eigenvalue weighted by molar-refractivity contribution is 5.62. The molecule has 126 valence electrons. The lowest BCUT2D eigenvalue weighted by Gasteiger charge is -2.43. The van der Waals surface area contributed by atoms with E-state index in [0.717, 1.165) is 30.6 Å². The van der Waals surface area contributed by atoms with Crippen LogP contribution in [0.15, 0.2) is 47.3 Å². The van der Waals surface area contributed by atoms with Crippen molar-refractivity contribution in [2.24, 2.45) is 11.3 Å². The Balaban J connectivity index is 1.63. The fourth-order valence-corrected chi connectivity index (χ4v) is 3.35. The van der Waals surface area contributed by atoms with E-state index in [0.29, 0.717) is 6.54 Å². The van der Waals surface area contributed by atoms with Gasteiger partial charge in [-0.2, -0.15) is 5.26 Å². The SMILES string of the molecule is CC(C#N)C1(C)CCN(Cc2ccc(-c3ccoc3)cc2)CC1F. The zero-order chi connectivity index (χ0) is 17.2. The Hall–Kier alpha value is -2.12. The Morgan fingerprint density at radius 1 is 1.33 bits per heavy atom. The van der Waals surface area contributed by atoms with Crippen molar-refractivity contribution in [2.75, 3.05) is 13.1 Å². The molecular weight excluding hydrogens is 303 g/mol. The minimum atomic E-state index is -0.967. The van der Waals surface area contributed by atoms with Gasteiger partial charge in [0.1, 0.15) is 6.17 Å². The van der Waals surface area contributed by atoms with Crippen LogP contribution in [0.25, 0.3) is 11.1 Å². The van der Waals surface area contributed by atoms with Gasteiger partial charge in [0.25, 0.3) is 0 Å². The summed E-state index contributed by atoms with van der Waals surface area (Å²) >= 11 is 0. The van der Waals surface area contributed by atoms with E-state index in [1.54, 1.807) is 12.5 Å². The van der Waals surface area contributed by atoms with Gasteiger partial charge in [-0.05, 0) is 37.1 Å². The van der Waals surface area contributed by atoms with Crippen LogP contribution in [-0.4, -0.2) is 24.2 Å². The van der Waals surface area contributed by atoms with Crippen LogP contribution in [-0.2, 0) is 6.54 Å². The van der Waals surface area contributed by atoms with Crippen molar-refractivity contribution in [3.05, 3.63) is 48.4 Å². The molecule has 1 aromatic heterocycles. The van der Waals surface area contributed by atoms with E-state index in [9.17, 15) is 4.39 Å². The first-order chi connectivity index (χ1) is 11.5. The highest BCUT2D eigenvalue weighted by Crippen LogP contribution is 2.40. The van der Waals surface area contributed by atoms with E-state index in [-0.39, 0.29) is 5.92 Å². The van der Waals surface area contributed by atoms with Gasteiger partial charge in [0.15, 0.2) is 0 Å². The summed E-state index contributed by atoms with van der Waals surface area (Å²) in [6, 6.07) is 12.5. The topological polar surface area (TPSA) is 40.2 Å². The van der Waals surface area contributed by atoms with Crippen LogP contribution in [0.5, 0.6) is 0 Å². The summed E-state index contributed by atoms with van der Waals surface area (Å²) in [4.78, 5) is 2.14. The molecule has 1 saturated heterocycles. The average molecular weight is 326 g/mol. The number of halogens is 1. The molecule has 2 aromatic rings. The molecule has 3 rings (SSSR count). The first-order valence-electron chi connectivity index (χ1n) is 8.40. The molecule has 0 bridgehead atoms. The molecule has 2 heterocycles. The molecular formula is C20H23FN2O. The number of likely N-dealkylation sites (tertiary alicyclic amines) is 1. The van der Waals surface area contributed by atoms with E-state index in [1.165, 1.54) is 5.56 Å². The van der Waals surface area contributed by atoms with E-state index < -0.39 is 11.6 Å². The average Bonchev–Trinajstić information content (AvgIpc) is 3.13. The van der Waals surface area contributed by atoms with Crippen molar-refractivity contribution in [2.45, 2.75) is 33.0 Å². The van der Waals surface area contributed by atoms with Crippen LogP contribution in [0, 0.1) is 22.7 Å². The second kappa shape index (κ2) is 6.78. The summed E-state index contributed by atoms with van der Waals surface area (Å²) in [6.07, 6.45) is 3.14. The molecule has 0 amide bonds. The van der Waals surface area contributed by atoms with Gasteiger partial charge in [-0.25, -0.2) is 4.39 Å². The normalized spacial score (nSPS) is 26.0. The number of nitrogens with zero attached hydrogens (tertiary/aromatic N) is 2. The van der Waals surface area contributed by atoms with Gasteiger partial charge in [0.2, 0.25) is 0 Å². The molecule has 24 heavy (non-hydrogen) atoms. The van der Waals surface area contributed by atoms with E-state index in [1.807, 2.05) is 19.9 Å². The molecule has 4 heteroatoms. The molecule has 0 aliphatic carbocycles. The minimum absolute atomic E-state index is 0.260. The highest BCUT2D eigenvalue weighted by Gasteiger charge is 2.43. The molecule has 0 spiro atoms. The third-order valence-electron chi connectivity index (χ3n) is 5.50. The van der Waals surface area contributed by atoms with Crippen molar-refractivity contribution in [3.63, 3.8) is 0 Å². The van der Waals surface area contributed by atoms with Crippen LogP contribution in [0.4, 0.5) is 4.39 Å². The molecule has 3 unspecified atom stereocenters.